The highest BCUT2D eigenvalue weighted by molar-refractivity contribution is 7.92. The summed E-state index contributed by atoms with van der Waals surface area (Å²) in [6.45, 7) is 12.5. The Morgan fingerprint density at radius 2 is 1.69 bits per heavy atom. The zero-order valence-corrected chi connectivity index (χ0v) is 31.4. The lowest BCUT2D eigenvalue weighted by atomic mass is 9.87. The number of ether oxygens (including phenoxy) is 2. The van der Waals surface area contributed by atoms with Gasteiger partial charge < -0.3 is 19.9 Å². The Balaban J connectivity index is 0.00000583. The summed E-state index contributed by atoms with van der Waals surface area (Å²) in [6, 6.07) is 12.5. The highest BCUT2D eigenvalue weighted by Gasteiger charge is 2.31. The van der Waals surface area contributed by atoms with Crippen LogP contribution >= 0.6 is 12.4 Å². The molecule has 14 heteroatoms. The number of nitrogens with one attached hydrogen (secondary N) is 2. The molecule has 12 nitrogen and oxygen atoms in total. The summed E-state index contributed by atoms with van der Waals surface area (Å²) in [7, 11) is -4.24. The van der Waals surface area contributed by atoms with Crippen LogP contribution in [0.25, 0.3) is 11.3 Å². The first kappa shape index (κ1) is 39.5. The number of aryl methyl sites for hydroxylation is 2. The van der Waals surface area contributed by atoms with E-state index in [-0.39, 0.29) is 59.5 Å². The number of anilines is 1. The van der Waals surface area contributed by atoms with Crippen LogP contribution in [0.5, 0.6) is 11.6 Å². The van der Waals surface area contributed by atoms with E-state index in [1.54, 1.807) is 18.5 Å². The number of nitrogens with zero attached hydrogens (tertiary/aromatic N) is 4. The zero-order chi connectivity index (χ0) is 36.0. The van der Waals surface area contributed by atoms with Crippen molar-refractivity contribution in [2.24, 2.45) is 11.8 Å². The number of rotatable bonds is 13. The number of aromatic carboxylic acids is 1. The monoisotopic (exact) mass is 738 g/mol. The first-order chi connectivity index (χ1) is 23.8. The van der Waals surface area contributed by atoms with Crippen LogP contribution in [-0.4, -0.2) is 58.2 Å². The van der Waals surface area contributed by atoms with Gasteiger partial charge in [0.2, 0.25) is 11.8 Å². The molecule has 0 spiro atoms. The quantitative estimate of drug-likeness (QED) is 0.127. The van der Waals surface area contributed by atoms with E-state index in [4.69, 9.17) is 9.47 Å². The Morgan fingerprint density at radius 1 is 1.00 bits per heavy atom. The number of sulfonamides is 1. The minimum atomic E-state index is -4.24. The molecule has 51 heavy (non-hydrogen) atoms. The van der Waals surface area contributed by atoms with Crippen molar-refractivity contribution in [2.75, 3.05) is 11.3 Å². The molecule has 3 N–H and O–H groups in total. The van der Waals surface area contributed by atoms with Gasteiger partial charge in [-0.2, -0.15) is 4.98 Å². The molecule has 0 amide bonds. The average Bonchev–Trinajstić information content (AvgIpc) is 3.25. The molecule has 2 aromatic carbocycles. The second-order valence-corrected chi connectivity index (χ2v) is 15.2. The fraction of sp³-hybridized carbons (Fsp3) is 0.432. The molecule has 2 aromatic heterocycles. The fourth-order valence-corrected chi connectivity index (χ4v) is 7.41. The maximum Gasteiger partial charge on any atom is 0.335 e. The summed E-state index contributed by atoms with van der Waals surface area (Å²) in [4.78, 5) is 29.6. The Labute approximate surface area is 306 Å². The van der Waals surface area contributed by atoms with Gasteiger partial charge in [0.05, 0.1) is 40.7 Å². The van der Waals surface area contributed by atoms with Crippen LogP contribution in [0.4, 0.5) is 5.95 Å². The predicted octanol–water partition coefficient (Wildman–Crippen LogP) is 7.18. The van der Waals surface area contributed by atoms with Crippen LogP contribution in [0, 0.1) is 25.7 Å². The van der Waals surface area contributed by atoms with Crippen LogP contribution in [0.15, 0.2) is 65.8 Å². The predicted molar refractivity (Wildman–Crippen MR) is 198 cm³/mol. The van der Waals surface area contributed by atoms with Crippen molar-refractivity contribution in [3.63, 3.8) is 0 Å². The van der Waals surface area contributed by atoms with Crippen LogP contribution in [0.2, 0.25) is 0 Å². The Bertz CT molecular complexity index is 1890. The molecular weight excluding hydrogens is 692 g/mol. The van der Waals surface area contributed by atoms with Gasteiger partial charge in [0.15, 0.2) is 5.75 Å². The van der Waals surface area contributed by atoms with E-state index < -0.39 is 16.0 Å². The molecule has 0 bridgehead atoms. The lowest BCUT2D eigenvalue weighted by molar-refractivity contribution is 0.0696. The van der Waals surface area contributed by atoms with Gasteiger partial charge >= 0.3 is 5.97 Å². The summed E-state index contributed by atoms with van der Waals surface area (Å²) in [6.07, 6.45) is 7.31. The average molecular weight is 739 g/mol. The second-order valence-electron chi connectivity index (χ2n) is 13.5. The van der Waals surface area contributed by atoms with Gasteiger partial charge in [-0.05, 0) is 88.1 Å². The third-order valence-corrected chi connectivity index (χ3v) is 9.95. The third kappa shape index (κ3) is 10.4. The van der Waals surface area contributed by atoms with E-state index in [1.807, 2.05) is 45.9 Å². The van der Waals surface area contributed by atoms with Crippen LogP contribution in [-0.2, 0) is 10.0 Å². The highest BCUT2D eigenvalue weighted by Crippen LogP contribution is 2.33. The zero-order valence-electron chi connectivity index (χ0n) is 29.8. The molecule has 5 rings (SSSR count). The molecule has 274 valence electrons. The number of aromatic nitrogens is 4. The minimum Gasteiger partial charge on any atom is -0.488 e. The van der Waals surface area contributed by atoms with Crippen molar-refractivity contribution in [3.05, 3.63) is 83.4 Å². The highest BCUT2D eigenvalue weighted by atomic mass is 35.5. The van der Waals surface area contributed by atoms with Gasteiger partial charge in [-0.25, -0.2) is 32.9 Å². The maximum atomic E-state index is 13.4. The van der Waals surface area contributed by atoms with Gasteiger partial charge in [0, 0.05) is 17.7 Å². The molecule has 3 heterocycles. The Morgan fingerprint density at radius 3 is 2.33 bits per heavy atom. The van der Waals surface area contributed by atoms with Crippen molar-refractivity contribution in [2.45, 2.75) is 90.3 Å². The first-order valence-electron chi connectivity index (χ1n) is 17.0. The normalized spacial score (nSPS) is 17.8. The second kappa shape index (κ2) is 17.3. The molecule has 3 unspecified atom stereocenters. The number of carboxylic acids is 1. The van der Waals surface area contributed by atoms with Crippen molar-refractivity contribution in [3.8, 4) is 22.9 Å². The standard InChI is InChI=1S/C37H46N6O6S.ClH/c1-22(2)16-26-12-9-15-30(35-38-19-28(20-39-35)49-23(3)4)40-32(26)21-48-33-18-31(34-24(5)10-7-11-25(34)6)41-37(42-33)43-50(46,47)29-14-8-13-27(17-29)36(44)45;/h7-8,10-11,13-14,17-20,22-23,26,30,32,40H,9,12,15-16,21H2,1-6H3,(H,44,45)(H,41,42,43);1H. The van der Waals surface area contributed by atoms with Crippen molar-refractivity contribution >= 4 is 34.3 Å². The van der Waals surface area contributed by atoms with Gasteiger partial charge in [-0.15, -0.1) is 12.4 Å². The largest absolute Gasteiger partial charge is 0.488 e. The first-order valence-corrected chi connectivity index (χ1v) is 18.5. The van der Waals surface area contributed by atoms with E-state index in [1.165, 1.54) is 18.2 Å². The number of halogens is 1. The minimum absolute atomic E-state index is 0. The molecule has 0 aliphatic carbocycles. The number of hydrogen-bond donors (Lipinski definition) is 3. The molecule has 1 saturated heterocycles. The van der Waals surface area contributed by atoms with Crippen LogP contribution in [0.1, 0.15) is 86.7 Å². The topological polar surface area (TPSA) is 166 Å². The molecule has 1 aliphatic heterocycles. The summed E-state index contributed by atoms with van der Waals surface area (Å²) < 4.78 is 41.5. The molecular formula is C37H47ClN6O6S. The SMILES string of the molecule is Cc1cccc(C)c1-c1cc(OCC2NC(c3ncc(OC(C)C)cn3)CCCC2CC(C)C)nc(NS(=O)(=O)c2cccc(C(=O)O)c2)n1.Cl. The van der Waals surface area contributed by atoms with Gasteiger partial charge in [-0.1, -0.05) is 44.5 Å². The van der Waals surface area contributed by atoms with Gasteiger partial charge in [0.1, 0.15) is 12.4 Å². The van der Waals surface area contributed by atoms with E-state index >= 15 is 0 Å². The Kier molecular flexibility index (Phi) is 13.4. The Hall–Kier alpha value is -4.33. The van der Waals surface area contributed by atoms with Gasteiger partial charge in [-0.3, -0.25) is 0 Å². The van der Waals surface area contributed by atoms with Crippen molar-refractivity contribution in [1.29, 1.82) is 0 Å². The van der Waals surface area contributed by atoms with Crippen LogP contribution < -0.4 is 19.5 Å². The molecule has 1 aliphatic rings. The van der Waals surface area contributed by atoms with E-state index in [0.29, 0.717) is 29.1 Å². The molecule has 3 atom stereocenters. The number of benzene rings is 2. The van der Waals surface area contributed by atoms with E-state index in [0.717, 1.165) is 48.4 Å². The number of carbonyl (C=O) groups is 1. The molecule has 0 saturated carbocycles. The van der Waals surface area contributed by atoms with E-state index in [9.17, 15) is 18.3 Å². The summed E-state index contributed by atoms with van der Waals surface area (Å²) in [5.74, 6) is 0.872. The third-order valence-electron chi connectivity index (χ3n) is 8.63. The van der Waals surface area contributed by atoms with Crippen LogP contribution in [0.3, 0.4) is 0 Å². The molecule has 4 aromatic rings. The number of carboxylic acid groups (broad SMARTS) is 1. The van der Waals surface area contributed by atoms with Crippen molar-refractivity contribution < 1.29 is 27.8 Å². The number of hydrogen-bond acceptors (Lipinski definition) is 10. The summed E-state index contributed by atoms with van der Waals surface area (Å²) in [5.41, 5.74) is 3.07. The summed E-state index contributed by atoms with van der Waals surface area (Å²) >= 11 is 0. The molecule has 0 radical (unpaired) electrons. The van der Waals surface area contributed by atoms with Crippen molar-refractivity contribution in [1.82, 2.24) is 25.3 Å². The summed E-state index contributed by atoms with van der Waals surface area (Å²) in [5, 5.41) is 13.2. The molecule has 1 fully saturated rings. The van der Waals surface area contributed by atoms with Gasteiger partial charge in [0.25, 0.3) is 10.0 Å². The lowest BCUT2D eigenvalue weighted by Gasteiger charge is -2.29. The maximum absolute atomic E-state index is 13.4. The fourth-order valence-electron chi connectivity index (χ4n) is 6.42. The lowest BCUT2D eigenvalue weighted by Crippen LogP contribution is -2.42. The smallest absolute Gasteiger partial charge is 0.335 e. The van der Waals surface area contributed by atoms with E-state index in [2.05, 4.69) is 43.8 Å².